The average Bonchev–Trinajstić information content (AvgIpc) is 3.33. The summed E-state index contributed by atoms with van der Waals surface area (Å²) in [6.45, 7) is 1.37. The Hall–Kier alpha value is -3.89. The summed E-state index contributed by atoms with van der Waals surface area (Å²) in [6, 6.07) is 12.1. The molecule has 2 aromatic carbocycles. The summed E-state index contributed by atoms with van der Waals surface area (Å²) in [6.07, 6.45) is 1.72. The highest BCUT2D eigenvalue weighted by atomic mass is 32.1. The Kier molecular flexibility index (Phi) is 6.15. The predicted octanol–water partition coefficient (Wildman–Crippen LogP) is 3.75. The maximum atomic E-state index is 14.8. The van der Waals surface area contributed by atoms with Gasteiger partial charge in [0.2, 0.25) is 5.91 Å². The number of benzene rings is 2. The number of pyridine rings is 1. The van der Waals surface area contributed by atoms with Gasteiger partial charge in [-0.05, 0) is 47.7 Å². The zero-order valence-electron chi connectivity index (χ0n) is 19.6. The SMILES string of the molecule is Cn1ccc2ccc(-c3csc(NC(=O)CNC(=O)c4ccc5c(c4)[C@](C)(F)COC5)n3)cc2c1=O. The standard InChI is InChI=1S/C26H23FN4O4S/c1-26(27)14-35-12-18-6-5-17(10-20(18)26)23(33)28-11-22(32)30-25-29-21(13-36-25)16-4-3-15-7-8-31(2)24(34)19(15)9-16/h3-10,13H,11-12,14H2,1-2H3,(H,28,33)(H,29,30,32)/t26-/m1/s1. The number of fused-ring (bicyclic) bond motifs is 2. The lowest BCUT2D eigenvalue weighted by Gasteiger charge is -2.29. The first-order chi connectivity index (χ1) is 17.2. The normalized spacial score (nSPS) is 17.0. The summed E-state index contributed by atoms with van der Waals surface area (Å²) in [4.78, 5) is 41.8. The van der Waals surface area contributed by atoms with Crippen LogP contribution >= 0.6 is 11.3 Å². The zero-order chi connectivity index (χ0) is 25.4. The lowest BCUT2D eigenvalue weighted by molar-refractivity contribution is -0.115. The lowest BCUT2D eigenvalue weighted by atomic mass is 9.90. The molecular weight excluding hydrogens is 483 g/mol. The van der Waals surface area contributed by atoms with E-state index in [4.69, 9.17) is 4.74 Å². The van der Waals surface area contributed by atoms with Gasteiger partial charge in [-0.3, -0.25) is 14.4 Å². The molecule has 36 heavy (non-hydrogen) atoms. The van der Waals surface area contributed by atoms with E-state index in [9.17, 15) is 18.8 Å². The molecule has 184 valence electrons. The van der Waals surface area contributed by atoms with Gasteiger partial charge >= 0.3 is 0 Å². The van der Waals surface area contributed by atoms with E-state index in [-0.39, 0.29) is 24.3 Å². The Bertz CT molecular complexity index is 1560. The van der Waals surface area contributed by atoms with Crippen LogP contribution in [-0.2, 0) is 28.9 Å². The maximum Gasteiger partial charge on any atom is 0.258 e. The molecular formula is C26H23FN4O4S. The second-order valence-electron chi connectivity index (χ2n) is 8.86. The summed E-state index contributed by atoms with van der Waals surface area (Å²) in [5.74, 6) is -0.925. The van der Waals surface area contributed by atoms with E-state index in [1.165, 1.54) is 28.9 Å². The molecule has 0 fully saturated rings. The van der Waals surface area contributed by atoms with E-state index in [1.807, 2.05) is 18.2 Å². The number of aromatic nitrogens is 2. The van der Waals surface area contributed by atoms with Gasteiger partial charge in [-0.2, -0.15) is 0 Å². The van der Waals surface area contributed by atoms with E-state index in [2.05, 4.69) is 15.6 Å². The van der Waals surface area contributed by atoms with Gasteiger partial charge in [-0.1, -0.05) is 18.2 Å². The molecule has 1 aliphatic heterocycles. The third-order valence-corrected chi connectivity index (χ3v) is 6.86. The number of rotatable bonds is 5. The van der Waals surface area contributed by atoms with Crippen LogP contribution in [0.1, 0.15) is 28.4 Å². The highest BCUT2D eigenvalue weighted by Crippen LogP contribution is 2.34. The molecule has 0 saturated heterocycles. The Morgan fingerprint density at radius 3 is 2.89 bits per heavy atom. The van der Waals surface area contributed by atoms with Crippen LogP contribution in [0.15, 0.2) is 58.8 Å². The molecule has 0 bridgehead atoms. The highest BCUT2D eigenvalue weighted by Gasteiger charge is 2.33. The second kappa shape index (κ2) is 9.29. The minimum atomic E-state index is -1.68. The Labute approximate surface area is 209 Å². The summed E-state index contributed by atoms with van der Waals surface area (Å²) in [5, 5.41) is 8.81. The molecule has 10 heteroatoms. The van der Waals surface area contributed by atoms with Gasteiger partial charge in [0.1, 0.15) is 0 Å². The number of alkyl halides is 1. The topological polar surface area (TPSA) is 102 Å². The fourth-order valence-corrected chi connectivity index (χ4v) is 4.88. The van der Waals surface area contributed by atoms with Crippen LogP contribution in [0.2, 0.25) is 0 Å². The highest BCUT2D eigenvalue weighted by molar-refractivity contribution is 7.14. The van der Waals surface area contributed by atoms with Crippen LogP contribution in [0.3, 0.4) is 0 Å². The fourth-order valence-electron chi connectivity index (χ4n) is 4.14. The number of hydrogen-bond donors (Lipinski definition) is 2. The monoisotopic (exact) mass is 506 g/mol. The van der Waals surface area contributed by atoms with E-state index < -0.39 is 17.5 Å². The molecule has 2 aromatic heterocycles. The molecule has 2 N–H and O–H groups in total. The Morgan fingerprint density at radius 2 is 2.06 bits per heavy atom. The van der Waals surface area contributed by atoms with Gasteiger partial charge in [-0.25, -0.2) is 9.37 Å². The fraction of sp³-hybridized carbons (Fsp3) is 0.231. The Balaban J connectivity index is 1.23. The van der Waals surface area contributed by atoms with Crippen molar-refractivity contribution in [2.45, 2.75) is 19.2 Å². The number of nitrogens with one attached hydrogen (secondary N) is 2. The van der Waals surface area contributed by atoms with Gasteiger partial charge in [0.15, 0.2) is 10.8 Å². The summed E-state index contributed by atoms with van der Waals surface area (Å²) >= 11 is 1.24. The number of anilines is 1. The number of halogens is 1. The number of carbonyl (C=O) groups is 2. The molecule has 0 radical (unpaired) electrons. The van der Waals surface area contributed by atoms with Gasteiger partial charge in [-0.15, -0.1) is 11.3 Å². The molecule has 8 nitrogen and oxygen atoms in total. The number of amides is 2. The Morgan fingerprint density at radius 1 is 1.22 bits per heavy atom. The van der Waals surface area contributed by atoms with Crippen molar-refractivity contribution >= 4 is 39.1 Å². The van der Waals surface area contributed by atoms with Gasteiger partial charge < -0.3 is 19.9 Å². The molecule has 0 aliphatic carbocycles. The third kappa shape index (κ3) is 4.65. The van der Waals surface area contributed by atoms with Crippen molar-refractivity contribution in [2.24, 2.45) is 7.05 Å². The number of carbonyl (C=O) groups excluding carboxylic acids is 2. The zero-order valence-corrected chi connectivity index (χ0v) is 20.4. The first-order valence-electron chi connectivity index (χ1n) is 11.2. The first kappa shape index (κ1) is 23.8. The molecule has 5 rings (SSSR count). The molecule has 0 unspecified atom stereocenters. The smallest absolute Gasteiger partial charge is 0.258 e. The van der Waals surface area contributed by atoms with Crippen molar-refractivity contribution in [3.63, 3.8) is 0 Å². The summed E-state index contributed by atoms with van der Waals surface area (Å²) < 4.78 is 21.5. The molecule has 3 heterocycles. The third-order valence-electron chi connectivity index (χ3n) is 6.10. The summed E-state index contributed by atoms with van der Waals surface area (Å²) in [7, 11) is 1.70. The van der Waals surface area contributed by atoms with E-state index in [1.54, 1.807) is 36.8 Å². The number of thiazole rings is 1. The maximum absolute atomic E-state index is 14.8. The molecule has 0 saturated carbocycles. The van der Waals surface area contributed by atoms with Crippen molar-refractivity contribution in [1.82, 2.24) is 14.9 Å². The quantitative estimate of drug-likeness (QED) is 0.429. The second-order valence-corrected chi connectivity index (χ2v) is 9.72. The van der Waals surface area contributed by atoms with Crippen LogP contribution < -0.4 is 16.2 Å². The van der Waals surface area contributed by atoms with Gasteiger partial charge in [0, 0.05) is 35.1 Å². The molecule has 4 aromatic rings. The molecule has 2 amide bonds. The van der Waals surface area contributed by atoms with Crippen molar-refractivity contribution in [3.05, 3.63) is 81.1 Å². The van der Waals surface area contributed by atoms with Crippen LogP contribution in [0.25, 0.3) is 22.0 Å². The van der Waals surface area contributed by atoms with Crippen molar-refractivity contribution in [1.29, 1.82) is 0 Å². The predicted molar refractivity (Wildman–Crippen MR) is 136 cm³/mol. The van der Waals surface area contributed by atoms with Crippen molar-refractivity contribution in [3.8, 4) is 11.3 Å². The number of aryl methyl sites for hydroxylation is 1. The van der Waals surface area contributed by atoms with Gasteiger partial charge in [0.05, 0.1) is 25.5 Å². The number of hydrogen-bond acceptors (Lipinski definition) is 6. The van der Waals surface area contributed by atoms with E-state index in [0.29, 0.717) is 33.9 Å². The largest absolute Gasteiger partial charge is 0.373 e. The van der Waals surface area contributed by atoms with Gasteiger partial charge in [0.25, 0.3) is 11.5 Å². The molecule has 1 aliphatic rings. The number of nitrogens with zero attached hydrogens (tertiary/aromatic N) is 2. The number of ether oxygens (including phenoxy) is 1. The molecule has 1 atom stereocenters. The van der Waals surface area contributed by atoms with Crippen LogP contribution in [0.5, 0.6) is 0 Å². The van der Waals surface area contributed by atoms with Crippen LogP contribution in [0, 0.1) is 0 Å². The van der Waals surface area contributed by atoms with E-state index >= 15 is 0 Å². The van der Waals surface area contributed by atoms with Crippen molar-refractivity contribution < 1.29 is 18.7 Å². The van der Waals surface area contributed by atoms with Crippen LogP contribution in [-0.4, -0.2) is 34.5 Å². The lowest BCUT2D eigenvalue weighted by Crippen LogP contribution is -2.34. The minimum Gasteiger partial charge on any atom is -0.373 e. The van der Waals surface area contributed by atoms with Crippen LogP contribution in [0.4, 0.5) is 9.52 Å². The molecule has 0 spiro atoms. The van der Waals surface area contributed by atoms with E-state index in [0.717, 1.165) is 10.9 Å². The van der Waals surface area contributed by atoms with Crippen molar-refractivity contribution in [2.75, 3.05) is 18.5 Å². The average molecular weight is 507 g/mol. The summed E-state index contributed by atoms with van der Waals surface area (Å²) in [5.41, 5.74) is 0.998. The first-order valence-corrected chi connectivity index (χ1v) is 12.1. The minimum absolute atomic E-state index is 0.0703.